The van der Waals surface area contributed by atoms with Gasteiger partial charge >= 0.3 is 0 Å². The Morgan fingerprint density at radius 3 is 1.78 bits per heavy atom. The Balaban J connectivity index is 1.38. The predicted molar refractivity (Wildman–Crippen MR) is 158 cm³/mol. The molecule has 0 fully saturated rings. The van der Waals surface area contributed by atoms with E-state index in [4.69, 9.17) is 9.72 Å². The van der Waals surface area contributed by atoms with Gasteiger partial charge in [0.15, 0.2) is 0 Å². The van der Waals surface area contributed by atoms with E-state index < -0.39 is 10.5 Å². The molecule has 7 nitrogen and oxygen atoms in total. The Morgan fingerprint density at radius 2 is 1.29 bits per heavy atom. The van der Waals surface area contributed by atoms with Crippen LogP contribution in [0.1, 0.15) is 22.3 Å². The van der Waals surface area contributed by atoms with E-state index in [1.54, 1.807) is 13.0 Å². The Bertz CT molecular complexity index is 1690. The Hall–Kier alpha value is -5.56. The third-order valence-corrected chi connectivity index (χ3v) is 7.17. The van der Waals surface area contributed by atoms with E-state index in [-0.39, 0.29) is 5.69 Å². The van der Waals surface area contributed by atoms with Gasteiger partial charge < -0.3 is 9.30 Å². The molecule has 0 aliphatic carbocycles. The van der Waals surface area contributed by atoms with Crippen LogP contribution in [0.15, 0.2) is 140 Å². The lowest BCUT2D eigenvalue weighted by molar-refractivity contribution is -0.385. The van der Waals surface area contributed by atoms with E-state index in [1.165, 1.54) is 6.20 Å². The van der Waals surface area contributed by atoms with Gasteiger partial charge in [0.1, 0.15) is 17.5 Å². The lowest BCUT2D eigenvalue weighted by Crippen LogP contribution is -2.36. The van der Waals surface area contributed by atoms with Gasteiger partial charge in [0.05, 0.1) is 16.9 Å². The summed E-state index contributed by atoms with van der Waals surface area (Å²) in [5.74, 6) is 0.865. The molecule has 0 atom stereocenters. The normalized spacial score (nSPS) is 11.2. The Kier molecular flexibility index (Phi) is 6.83. The highest BCUT2D eigenvalue weighted by Crippen LogP contribution is 2.41. The van der Waals surface area contributed by atoms with E-state index in [9.17, 15) is 10.1 Å². The smallest absolute Gasteiger partial charge is 0.290 e. The van der Waals surface area contributed by atoms with Crippen LogP contribution in [0.4, 0.5) is 5.69 Å². The van der Waals surface area contributed by atoms with Gasteiger partial charge in [0.25, 0.3) is 5.69 Å². The third-order valence-electron chi connectivity index (χ3n) is 7.17. The highest BCUT2D eigenvalue weighted by atomic mass is 16.6. The maximum atomic E-state index is 11.1. The summed E-state index contributed by atoms with van der Waals surface area (Å²) in [4.78, 5) is 19.5. The van der Waals surface area contributed by atoms with Gasteiger partial charge in [0.2, 0.25) is 5.88 Å². The average molecular weight is 539 g/mol. The molecule has 0 radical (unpaired) electrons. The van der Waals surface area contributed by atoms with Crippen molar-refractivity contribution in [3.8, 4) is 22.9 Å². The number of nitro groups is 1. The fourth-order valence-corrected chi connectivity index (χ4v) is 5.23. The quantitative estimate of drug-likeness (QED) is 0.112. The molecule has 0 aliphatic heterocycles. The van der Waals surface area contributed by atoms with E-state index in [0.717, 1.165) is 27.9 Å². The van der Waals surface area contributed by atoms with Crippen molar-refractivity contribution in [2.45, 2.75) is 12.5 Å². The van der Waals surface area contributed by atoms with Crippen molar-refractivity contribution < 1.29 is 9.66 Å². The van der Waals surface area contributed by atoms with Crippen LogP contribution in [-0.4, -0.2) is 19.5 Å². The predicted octanol–water partition coefficient (Wildman–Crippen LogP) is 7.79. The molecule has 200 valence electrons. The molecule has 7 heteroatoms. The number of hydrogen-bond donors (Lipinski definition) is 0. The third kappa shape index (κ3) is 4.85. The number of rotatable bonds is 8. The summed E-state index contributed by atoms with van der Waals surface area (Å²) in [7, 11) is 0. The molecule has 0 saturated carbocycles. The lowest BCUT2D eigenvalue weighted by Gasteiger charge is -2.37. The van der Waals surface area contributed by atoms with E-state index >= 15 is 0 Å². The second kappa shape index (κ2) is 10.9. The standard InChI is InChI=1S/C34H26N4O3/c1-25-21-33(35-22-32(25)38(39)40)41-30-19-17-26(18-20-30)31-23-37(24-36-31)34(27-11-5-2-6-12-27,28-13-7-3-8-14-28)29-15-9-4-10-16-29/h2-24H,1H3. The Labute approximate surface area is 237 Å². The molecule has 2 aromatic heterocycles. The molecule has 41 heavy (non-hydrogen) atoms. The minimum absolute atomic E-state index is 0.0409. The van der Waals surface area contributed by atoms with Crippen LogP contribution in [0, 0.1) is 17.0 Å². The maximum Gasteiger partial charge on any atom is 0.290 e. The van der Waals surface area contributed by atoms with Crippen LogP contribution in [0.5, 0.6) is 11.6 Å². The molecule has 0 bridgehead atoms. The first-order valence-corrected chi connectivity index (χ1v) is 13.2. The molecule has 4 aromatic carbocycles. The van der Waals surface area contributed by atoms with Gasteiger partial charge in [-0.3, -0.25) is 10.1 Å². The average Bonchev–Trinajstić information content (AvgIpc) is 3.50. The number of pyridine rings is 1. The van der Waals surface area contributed by atoms with E-state index in [2.05, 4.69) is 88.5 Å². The number of ether oxygens (including phenoxy) is 1. The molecule has 6 rings (SSSR count). The van der Waals surface area contributed by atoms with Crippen molar-refractivity contribution in [3.05, 3.63) is 172 Å². The zero-order valence-corrected chi connectivity index (χ0v) is 22.3. The summed E-state index contributed by atoms with van der Waals surface area (Å²) < 4.78 is 8.04. The summed E-state index contributed by atoms with van der Waals surface area (Å²) in [5, 5.41) is 11.1. The second-order valence-corrected chi connectivity index (χ2v) is 9.67. The summed E-state index contributed by atoms with van der Waals surface area (Å²) in [5.41, 5.74) is 4.90. The van der Waals surface area contributed by atoms with Crippen LogP contribution < -0.4 is 4.74 Å². The molecule has 0 N–H and O–H groups in total. The number of benzene rings is 4. The number of imidazole rings is 1. The molecule has 6 aromatic rings. The van der Waals surface area contributed by atoms with Crippen LogP contribution in [0.3, 0.4) is 0 Å². The number of aromatic nitrogens is 3. The Morgan fingerprint density at radius 1 is 0.756 bits per heavy atom. The van der Waals surface area contributed by atoms with Gasteiger partial charge in [-0.1, -0.05) is 91.0 Å². The first-order valence-electron chi connectivity index (χ1n) is 13.2. The van der Waals surface area contributed by atoms with Gasteiger partial charge in [0, 0.05) is 23.4 Å². The molecule has 0 spiro atoms. The molecule has 0 unspecified atom stereocenters. The number of nitrogens with zero attached hydrogens (tertiary/aromatic N) is 4. The summed E-state index contributed by atoms with van der Waals surface area (Å²) in [6.45, 7) is 1.66. The SMILES string of the molecule is Cc1cc(Oc2ccc(-c3cn(C(c4ccccc4)(c4ccccc4)c4ccccc4)cn3)cc2)ncc1[N+](=O)[O-]. The zero-order valence-electron chi connectivity index (χ0n) is 22.3. The molecule has 0 amide bonds. The molecule has 0 aliphatic rings. The lowest BCUT2D eigenvalue weighted by atomic mass is 9.77. The highest BCUT2D eigenvalue weighted by Gasteiger charge is 2.38. The zero-order chi connectivity index (χ0) is 28.2. The van der Waals surface area contributed by atoms with Crippen molar-refractivity contribution >= 4 is 5.69 Å². The van der Waals surface area contributed by atoms with Crippen LogP contribution in [-0.2, 0) is 5.54 Å². The first kappa shape index (κ1) is 25.7. The van der Waals surface area contributed by atoms with E-state index in [0.29, 0.717) is 17.2 Å². The van der Waals surface area contributed by atoms with Crippen LogP contribution in [0.2, 0.25) is 0 Å². The molecule has 2 heterocycles. The van der Waals surface area contributed by atoms with Crippen molar-refractivity contribution in [1.82, 2.24) is 14.5 Å². The molecular weight excluding hydrogens is 512 g/mol. The minimum atomic E-state index is -0.641. The van der Waals surface area contributed by atoms with Crippen LogP contribution in [0.25, 0.3) is 11.3 Å². The minimum Gasteiger partial charge on any atom is -0.439 e. The topological polar surface area (TPSA) is 83.1 Å². The van der Waals surface area contributed by atoms with Crippen molar-refractivity contribution in [2.75, 3.05) is 0 Å². The molecular formula is C34H26N4O3. The number of hydrogen-bond acceptors (Lipinski definition) is 5. The monoisotopic (exact) mass is 538 g/mol. The van der Waals surface area contributed by atoms with Gasteiger partial charge in [-0.2, -0.15) is 0 Å². The summed E-state index contributed by atoms with van der Waals surface area (Å²) in [6, 6.07) is 40.5. The number of aryl methyl sites for hydroxylation is 1. The largest absolute Gasteiger partial charge is 0.439 e. The maximum absolute atomic E-state index is 11.1. The fraction of sp³-hybridized carbons (Fsp3) is 0.0588. The van der Waals surface area contributed by atoms with Crippen molar-refractivity contribution in [3.63, 3.8) is 0 Å². The second-order valence-electron chi connectivity index (χ2n) is 9.67. The van der Waals surface area contributed by atoms with E-state index in [1.807, 2.05) is 48.8 Å². The van der Waals surface area contributed by atoms with Crippen LogP contribution >= 0.6 is 0 Å². The highest BCUT2D eigenvalue weighted by molar-refractivity contribution is 5.61. The van der Waals surface area contributed by atoms with Crippen molar-refractivity contribution in [1.29, 1.82) is 0 Å². The molecule has 0 saturated heterocycles. The summed E-state index contributed by atoms with van der Waals surface area (Å²) >= 11 is 0. The van der Waals surface area contributed by atoms with Gasteiger partial charge in [-0.15, -0.1) is 0 Å². The first-order chi connectivity index (χ1) is 20.1. The fourth-order valence-electron chi connectivity index (χ4n) is 5.23. The van der Waals surface area contributed by atoms with Crippen molar-refractivity contribution in [2.24, 2.45) is 0 Å². The van der Waals surface area contributed by atoms with Gasteiger partial charge in [-0.25, -0.2) is 9.97 Å². The summed E-state index contributed by atoms with van der Waals surface area (Å²) in [6.07, 6.45) is 5.17. The van der Waals surface area contributed by atoms with Gasteiger partial charge in [-0.05, 0) is 47.9 Å².